The zero-order valence-electron chi connectivity index (χ0n) is 6.97. The first-order valence-corrected chi connectivity index (χ1v) is 3.68. The molecule has 0 bridgehead atoms. The molecule has 14 heavy (non-hydrogen) atoms. The van der Waals surface area contributed by atoms with Gasteiger partial charge in [-0.15, -0.1) is 0 Å². The minimum absolute atomic E-state index is 0.0643. The van der Waals surface area contributed by atoms with Gasteiger partial charge in [0, 0.05) is 17.9 Å². The fraction of sp³-hybridized carbons (Fsp3) is 0.333. The fourth-order valence-electron chi connectivity index (χ4n) is 0.672. The second-order valence-corrected chi connectivity index (χ2v) is 2.37. The Morgan fingerprint density at radius 2 is 1.93 bits per heavy atom. The molecule has 8 heteroatoms. The Bertz CT molecular complexity index is 283. The van der Waals surface area contributed by atoms with E-state index in [4.69, 9.17) is 10.0 Å². The summed E-state index contributed by atoms with van der Waals surface area (Å²) in [6.07, 6.45) is -0.432. The fourth-order valence-corrected chi connectivity index (χ4v) is 0.672. The van der Waals surface area contributed by atoms with Crippen molar-refractivity contribution in [2.75, 3.05) is 6.61 Å². The van der Waals surface area contributed by atoms with Crippen LogP contribution in [0.4, 0.5) is 8.78 Å². The van der Waals surface area contributed by atoms with Gasteiger partial charge in [-0.2, -0.15) is 0 Å². The summed E-state index contributed by atoms with van der Waals surface area (Å²) in [7, 11) is -1.68. The van der Waals surface area contributed by atoms with Crippen LogP contribution in [0.15, 0.2) is 12.4 Å². The molecule has 1 aromatic rings. The molecular formula is C6H7BF2N2O3. The van der Waals surface area contributed by atoms with Crippen molar-refractivity contribution in [3.05, 3.63) is 12.4 Å². The lowest BCUT2D eigenvalue weighted by atomic mass is 9.83. The number of rotatable bonds is 4. The van der Waals surface area contributed by atoms with Gasteiger partial charge in [0.2, 0.25) is 0 Å². The van der Waals surface area contributed by atoms with Crippen LogP contribution in [0.2, 0.25) is 0 Å². The molecule has 1 aromatic heterocycles. The van der Waals surface area contributed by atoms with Crippen molar-refractivity contribution in [2.45, 2.75) is 6.43 Å². The summed E-state index contributed by atoms with van der Waals surface area (Å²) in [5.74, 6) is 0. The van der Waals surface area contributed by atoms with Gasteiger partial charge in [-0.05, 0) is 0 Å². The van der Waals surface area contributed by atoms with E-state index < -0.39 is 20.2 Å². The average molecular weight is 204 g/mol. The molecule has 0 radical (unpaired) electrons. The normalized spacial score (nSPS) is 10.4. The molecule has 1 heterocycles. The van der Waals surface area contributed by atoms with Crippen molar-refractivity contribution in [3.8, 4) is 6.01 Å². The lowest BCUT2D eigenvalue weighted by Gasteiger charge is -2.03. The third kappa shape index (κ3) is 3.23. The molecule has 0 aliphatic carbocycles. The summed E-state index contributed by atoms with van der Waals surface area (Å²) in [5.41, 5.74) is 0.0643. The Hall–Kier alpha value is -1.28. The van der Waals surface area contributed by atoms with E-state index >= 15 is 0 Å². The Morgan fingerprint density at radius 1 is 1.36 bits per heavy atom. The minimum atomic E-state index is -2.60. The number of alkyl halides is 2. The number of aromatic nitrogens is 2. The van der Waals surface area contributed by atoms with Gasteiger partial charge in [0.25, 0.3) is 6.43 Å². The lowest BCUT2D eigenvalue weighted by Crippen LogP contribution is -2.30. The second-order valence-electron chi connectivity index (χ2n) is 2.37. The minimum Gasteiger partial charge on any atom is -0.457 e. The molecule has 0 saturated heterocycles. The van der Waals surface area contributed by atoms with Gasteiger partial charge in [0.05, 0.1) is 0 Å². The summed E-state index contributed by atoms with van der Waals surface area (Å²) in [6, 6.07) is -0.227. The van der Waals surface area contributed by atoms with Crippen LogP contribution in [-0.2, 0) is 0 Å². The number of hydrogen-bond donors (Lipinski definition) is 2. The molecule has 0 unspecified atom stereocenters. The first-order valence-electron chi connectivity index (χ1n) is 3.68. The van der Waals surface area contributed by atoms with E-state index in [1.54, 1.807) is 0 Å². The highest BCUT2D eigenvalue weighted by Crippen LogP contribution is 2.00. The van der Waals surface area contributed by atoms with Crippen LogP contribution in [0.25, 0.3) is 0 Å². The molecule has 0 amide bonds. The third-order valence-electron chi connectivity index (χ3n) is 1.28. The predicted molar refractivity (Wildman–Crippen MR) is 43.4 cm³/mol. The largest absolute Gasteiger partial charge is 0.491 e. The SMILES string of the molecule is OB(O)c1cnc(OCC(F)F)nc1. The van der Waals surface area contributed by atoms with Gasteiger partial charge in [0.15, 0.2) is 6.61 Å². The smallest absolute Gasteiger partial charge is 0.457 e. The van der Waals surface area contributed by atoms with Crippen molar-refractivity contribution in [3.63, 3.8) is 0 Å². The van der Waals surface area contributed by atoms with Crippen LogP contribution in [0.3, 0.4) is 0 Å². The quantitative estimate of drug-likeness (QED) is 0.602. The van der Waals surface area contributed by atoms with Gasteiger partial charge in [-0.1, -0.05) is 0 Å². The van der Waals surface area contributed by atoms with Crippen LogP contribution >= 0.6 is 0 Å². The Balaban J connectivity index is 2.55. The Kier molecular flexibility index (Phi) is 3.72. The summed E-state index contributed by atoms with van der Waals surface area (Å²) < 4.78 is 27.8. The van der Waals surface area contributed by atoms with E-state index in [0.717, 1.165) is 12.4 Å². The highest BCUT2D eigenvalue weighted by molar-refractivity contribution is 6.58. The number of hydrogen-bond acceptors (Lipinski definition) is 5. The third-order valence-corrected chi connectivity index (χ3v) is 1.28. The highest BCUT2D eigenvalue weighted by Gasteiger charge is 2.12. The molecule has 0 saturated carbocycles. The summed E-state index contributed by atoms with van der Waals surface area (Å²) >= 11 is 0. The van der Waals surface area contributed by atoms with Gasteiger partial charge >= 0.3 is 13.1 Å². The van der Waals surface area contributed by atoms with E-state index in [9.17, 15) is 8.78 Å². The number of ether oxygens (including phenoxy) is 1. The van der Waals surface area contributed by atoms with Crippen LogP contribution in [0.1, 0.15) is 0 Å². The summed E-state index contributed by atoms with van der Waals surface area (Å²) in [5, 5.41) is 17.3. The molecule has 0 atom stereocenters. The van der Waals surface area contributed by atoms with E-state index in [2.05, 4.69) is 14.7 Å². The first kappa shape index (κ1) is 10.8. The van der Waals surface area contributed by atoms with Crippen molar-refractivity contribution < 1.29 is 23.6 Å². The van der Waals surface area contributed by atoms with Crippen molar-refractivity contribution in [1.82, 2.24) is 9.97 Å². The van der Waals surface area contributed by atoms with Gasteiger partial charge in [-0.3, -0.25) is 0 Å². The maximum atomic E-state index is 11.7. The maximum Gasteiger partial charge on any atom is 0.491 e. The van der Waals surface area contributed by atoms with E-state index in [1.807, 2.05) is 0 Å². The van der Waals surface area contributed by atoms with E-state index in [0.29, 0.717) is 0 Å². The number of halogens is 2. The molecule has 0 fully saturated rings. The monoisotopic (exact) mass is 204 g/mol. The van der Waals surface area contributed by atoms with Crippen molar-refractivity contribution in [1.29, 1.82) is 0 Å². The van der Waals surface area contributed by atoms with Gasteiger partial charge in [0.1, 0.15) is 0 Å². The average Bonchev–Trinajstić information content (AvgIpc) is 2.15. The predicted octanol–water partition coefficient (Wildman–Crippen LogP) is -1.20. The Labute approximate surface area is 78.5 Å². The zero-order chi connectivity index (χ0) is 10.6. The standard InChI is InChI=1S/C6H7BF2N2O3/c8-5(9)3-14-6-10-1-4(2-11-6)7(12)13/h1-2,5,12-13H,3H2. The molecule has 5 nitrogen and oxygen atoms in total. The van der Waals surface area contributed by atoms with Crippen molar-refractivity contribution in [2.24, 2.45) is 0 Å². The second kappa shape index (κ2) is 4.82. The lowest BCUT2D eigenvalue weighted by molar-refractivity contribution is 0.0770. The Morgan fingerprint density at radius 3 is 2.36 bits per heavy atom. The zero-order valence-corrected chi connectivity index (χ0v) is 6.97. The van der Waals surface area contributed by atoms with Crippen LogP contribution in [0, 0.1) is 0 Å². The van der Waals surface area contributed by atoms with E-state index in [1.165, 1.54) is 0 Å². The molecular weight excluding hydrogens is 197 g/mol. The van der Waals surface area contributed by atoms with Crippen LogP contribution < -0.4 is 10.2 Å². The molecule has 0 aliphatic heterocycles. The molecule has 0 aliphatic rings. The van der Waals surface area contributed by atoms with E-state index in [-0.39, 0.29) is 11.5 Å². The molecule has 0 aromatic carbocycles. The van der Waals surface area contributed by atoms with Crippen LogP contribution in [0.5, 0.6) is 6.01 Å². The first-order chi connectivity index (χ1) is 6.59. The van der Waals surface area contributed by atoms with Crippen LogP contribution in [-0.4, -0.2) is 40.2 Å². The highest BCUT2D eigenvalue weighted by atomic mass is 19.3. The molecule has 0 spiro atoms. The van der Waals surface area contributed by atoms with Crippen molar-refractivity contribution >= 4 is 12.6 Å². The molecule has 76 valence electrons. The summed E-state index contributed by atoms with van der Waals surface area (Å²) in [6.45, 7) is -0.791. The molecule has 2 N–H and O–H groups in total. The van der Waals surface area contributed by atoms with Gasteiger partial charge < -0.3 is 14.8 Å². The maximum absolute atomic E-state index is 11.7. The van der Waals surface area contributed by atoms with Gasteiger partial charge in [-0.25, -0.2) is 18.7 Å². The number of nitrogens with zero attached hydrogens (tertiary/aromatic N) is 2. The molecule has 1 rings (SSSR count). The summed E-state index contributed by atoms with van der Waals surface area (Å²) in [4.78, 5) is 6.97. The topological polar surface area (TPSA) is 75.5 Å².